The zero-order chi connectivity index (χ0) is 23.1. The highest BCUT2D eigenvalue weighted by Crippen LogP contribution is 2.41. The third kappa shape index (κ3) is 3.59. The van der Waals surface area contributed by atoms with Crippen molar-refractivity contribution in [3.63, 3.8) is 0 Å². The van der Waals surface area contributed by atoms with E-state index < -0.39 is 23.1 Å². The smallest absolute Gasteiger partial charge is 0.325 e. The number of aromatic nitrogens is 1. The molecule has 0 aliphatic carbocycles. The van der Waals surface area contributed by atoms with Gasteiger partial charge in [0.2, 0.25) is 5.78 Å². The van der Waals surface area contributed by atoms with E-state index in [-0.39, 0.29) is 39.8 Å². The molecule has 0 aliphatic rings. The van der Waals surface area contributed by atoms with Crippen LogP contribution in [0.15, 0.2) is 36.4 Å². The van der Waals surface area contributed by atoms with Gasteiger partial charge < -0.3 is 14.8 Å². The molecular weight excluding hydrogens is 465 g/mol. The van der Waals surface area contributed by atoms with Gasteiger partial charge in [-0.3, -0.25) is 14.4 Å². The summed E-state index contributed by atoms with van der Waals surface area (Å²) in [4.78, 5) is 38.3. The van der Waals surface area contributed by atoms with E-state index in [9.17, 15) is 24.6 Å². The number of carboxylic acids is 2. The Morgan fingerprint density at radius 2 is 1.58 bits per heavy atom. The molecule has 0 radical (unpaired) electrons. The van der Waals surface area contributed by atoms with Gasteiger partial charge >= 0.3 is 11.9 Å². The van der Waals surface area contributed by atoms with Gasteiger partial charge in [0.05, 0.1) is 21.3 Å². The van der Waals surface area contributed by atoms with Gasteiger partial charge in [0.25, 0.3) is 0 Å². The predicted octanol–water partition coefficient (Wildman–Crippen LogP) is 5.67. The molecule has 3 aromatic rings. The number of aliphatic carboxylic acids is 2. The van der Waals surface area contributed by atoms with Crippen LogP contribution in [0.25, 0.3) is 10.9 Å². The van der Waals surface area contributed by atoms with Crippen molar-refractivity contribution in [1.29, 1.82) is 0 Å². The number of rotatable bonds is 7. The van der Waals surface area contributed by atoms with E-state index in [1.165, 1.54) is 31.2 Å². The minimum atomic E-state index is -2.34. The van der Waals surface area contributed by atoms with Gasteiger partial charge in [0, 0.05) is 28.1 Å². The number of hydrogen-bond donors (Lipinski definition) is 2. The van der Waals surface area contributed by atoms with Crippen molar-refractivity contribution in [3.05, 3.63) is 68.3 Å². The number of benzene rings is 2. The SMILES string of the molecule is CCn1c(C(=O)c2ccc(Cl)c(Cl)c2)c(C(CC)(C(=O)O)C(=O)O)c2ccc(Cl)cc21. The fraction of sp³-hybridized carbons (Fsp3) is 0.227. The number of aryl methyl sites for hydroxylation is 1. The fourth-order valence-corrected chi connectivity index (χ4v) is 4.34. The van der Waals surface area contributed by atoms with E-state index in [0.717, 1.165) is 0 Å². The molecule has 0 unspecified atom stereocenters. The van der Waals surface area contributed by atoms with Crippen molar-refractivity contribution >= 4 is 63.4 Å². The molecule has 0 spiro atoms. The average molecular weight is 483 g/mol. The molecule has 0 bridgehead atoms. The van der Waals surface area contributed by atoms with Crippen LogP contribution >= 0.6 is 34.8 Å². The molecular formula is C22H18Cl3NO5. The van der Waals surface area contributed by atoms with Crippen LogP contribution in [0.1, 0.15) is 41.9 Å². The second-order valence-corrected chi connectivity index (χ2v) is 8.21. The summed E-state index contributed by atoms with van der Waals surface area (Å²) >= 11 is 18.2. The van der Waals surface area contributed by atoms with Gasteiger partial charge in [-0.1, -0.05) is 47.8 Å². The Morgan fingerprint density at radius 1 is 0.935 bits per heavy atom. The van der Waals surface area contributed by atoms with E-state index in [1.54, 1.807) is 23.6 Å². The van der Waals surface area contributed by atoms with Gasteiger partial charge in [-0.05, 0) is 43.7 Å². The molecule has 2 N–H and O–H groups in total. The maximum atomic E-state index is 13.6. The molecule has 0 amide bonds. The number of carbonyl (C=O) groups excluding carboxylic acids is 1. The number of fused-ring (bicyclic) bond motifs is 1. The number of nitrogens with zero attached hydrogens (tertiary/aromatic N) is 1. The molecule has 1 aromatic heterocycles. The van der Waals surface area contributed by atoms with Crippen molar-refractivity contribution < 1.29 is 24.6 Å². The van der Waals surface area contributed by atoms with E-state index >= 15 is 0 Å². The molecule has 0 saturated heterocycles. The molecule has 3 rings (SSSR count). The maximum Gasteiger partial charge on any atom is 0.325 e. The van der Waals surface area contributed by atoms with Crippen molar-refractivity contribution in [1.82, 2.24) is 4.57 Å². The number of ketones is 1. The Bertz CT molecular complexity index is 1220. The highest BCUT2D eigenvalue weighted by molar-refractivity contribution is 6.42. The van der Waals surface area contributed by atoms with Crippen molar-refractivity contribution in [2.24, 2.45) is 0 Å². The molecule has 9 heteroatoms. The quantitative estimate of drug-likeness (QED) is 0.334. The maximum absolute atomic E-state index is 13.6. The first-order valence-electron chi connectivity index (χ1n) is 9.38. The second-order valence-electron chi connectivity index (χ2n) is 6.96. The summed E-state index contributed by atoms with van der Waals surface area (Å²) < 4.78 is 1.58. The van der Waals surface area contributed by atoms with Gasteiger partial charge in [-0.25, -0.2) is 0 Å². The summed E-state index contributed by atoms with van der Waals surface area (Å²) in [6.45, 7) is 3.50. The van der Waals surface area contributed by atoms with Crippen molar-refractivity contribution in [2.45, 2.75) is 32.2 Å². The molecule has 6 nitrogen and oxygen atoms in total. The molecule has 2 aromatic carbocycles. The van der Waals surface area contributed by atoms with Gasteiger partial charge in [0.15, 0.2) is 5.41 Å². The van der Waals surface area contributed by atoms with E-state index in [1.807, 2.05) is 0 Å². The summed E-state index contributed by atoms with van der Waals surface area (Å²) in [5, 5.41) is 21.2. The molecule has 0 atom stereocenters. The summed E-state index contributed by atoms with van der Waals surface area (Å²) in [5.41, 5.74) is -1.84. The molecule has 31 heavy (non-hydrogen) atoms. The van der Waals surface area contributed by atoms with Crippen molar-refractivity contribution in [2.75, 3.05) is 0 Å². The second kappa shape index (κ2) is 8.54. The lowest BCUT2D eigenvalue weighted by Gasteiger charge is -2.25. The van der Waals surface area contributed by atoms with Crippen molar-refractivity contribution in [3.8, 4) is 0 Å². The third-order valence-corrected chi connectivity index (χ3v) is 6.40. The van der Waals surface area contributed by atoms with Crippen LogP contribution in [0, 0.1) is 0 Å². The lowest BCUT2D eigenvalue weighted by Crippen LogP contribution is -2.44. The predicted molar refractivity (Wildman–Crippen MR) is 120 cm³/mol. The normalized spacial score (nSPS) is 11.6. The largest absolute Gasteiger partial charge is 0.480 e. The zero-order valence-corrected chi connectivity index (χ0v) is 18.8. The number of hydrogen-bond acceptors (Lipinski definition) is 3. The number of carbonyl (C=O) groups is 3. The van der Waals surface area contributed by atoms with Crippen LogP contribution in [-0.4, -0.2) is 32.5 Å². The van der Waals surface area contributed by atoms with E-state index in [4.69, 9.17) is 34.8 Å². The van der Waals surface area contributed by atoms with Crippen LogP contribution in [0.4, 0.5) is 0 Å². The monoisotopic (exact) mass is 481 g/mol. The molecule has 0 fully saturated rings. The minimum absolute atomic E-state index is 0.0372. The Balaban J connectivity index is 2.51. The van der Waals surface area contributed by atoms with Gasteiger partial charge in [-0.15, -0.1) is 0 Å². The fourth-order valence-electron chi connectivity index (χ4n) is 3.88. The van der Waals surface area contributed by atoms with Crippen LogP contribution < -0.4 is 0 Å². The third-order valence-electron chi connectivity index (χ3n) is 5.43. The lowest BCUT2D eigenvalue weighted by atomic mass is 9.75. The Kier molecular flexibility index (Phi) is 6.37. The van der Waals surface area contributed by atoms with Crippen LogP contribution in [-0.2, 0) is 21.5 Å². The van der Waals surface area contributed by atoms with Crippen LogP contribution in [0.5, 0.6) is 0 Å². The average Bonchev–Trinajstić information content (AvgIpc) is 3.03. The summed E-state index contributed by atoms with van der Waals surface area (Å²) in [6.07, 6.45) is -0.273. The summed E-state index contributed by atoms with van der Waals surface area (Å²) in [7, 11) is 0. The first-order chi connectivity index (χ1) is 14.6. The van der Waals surface area contributed by atoms with Gasteiger partial charge in [-0.2, -0.15) is 0 Å². The lowest BCUT2D eigenvalue weighted by molar-refractivity contribution is -0.157. The Labute approximate surface area is 192 Å². The molecule has 0 saturated carbocycles. The summed E-state index contributed by atoms with van der Waals surface area (Å²) in [5.74, 6) is -3.69. The topological polar surface area (TPSA) is 96.6 Å². The first kappa shape index (κ1) is 23.1. The highest BCUT2D eigenvalue weighted by atomic mass is 35.5. The number of halogens is 3. The van der Waals surface area contributed by atoms with Crippen LogP contribution in [0.2, 0.25) is 15.1 Å². The highest BCUT2D eigenvalue weighted by Gasteiger charge is 2.51. The summed E-state index contributed by atoms with van der Waals surface area (Å²) in [6, 6.07) is 8.94. The van der Waals surface area contributed by atoms with E-state index in [0.29, 0.717) is 15.9 Å². The number of carboxylic acid groups (broad SMARTS) is 2. The Morgan fingerprint density at radius 3 is 2.10 bits per heavy atom. The molecule has 1 heterocycles. The molecule has 162 valence electrons. The van der Waals surface area contributed by atoms with Gasteiger partial charge in [0.1, 0.15) is 0 Å². The van der Waals surface area contributed by atoms with E-state index in [2.05, 4.69) is 0 Å². The minimum Gasteiger partial charge on any atom is -0.480 e. The van der Waals surface area contributed by atoms with Crippen LogP contribution in [0.3, 0.4) is 0 Å². The standard InChI is InChI=1S/C22H18Cl3NO5/c1-3-22(20(28)29,21(30)31)17-13-7-6-12(23)10-16(13)26(4-2)18(17)19(27)11-5-8-14(24)15(25)9-11/h5-10H,3-4H2,1-2H3,(H,28,29)(H,30,31). The Hall–Kier alpha value is -2.54. The first-order valence-corrected chi connectivity index (χ1v) is 10.5. The zero-order valence-electron chi connectivity index (χ0n) is 16.6. The molecule has 0 aliphatic heterocycles.